The molecule has 2 nitrogen and oxygen atoms in total. The maximum Gasteiger partial charge on any atom is 0.171 e. The molecule has 0 bridgehead atoms. The summed E-state index contributed by atoms with van der Waals surface area (Å²) in [5.41, 5.74) is 1.85. The highest BCUT2D eigenvalue weighted by atomic mass is 79.9. The average Bonchev–Trinajstić information content (AvgIpc) is 2.76. The van der Waals surface area contributed by atoms with E-state index in [0.29, 0.717) is 6.61 Å². The normalized spacial score (nSPS) is 17.7. The maximum atomic E-state index is 12.7. The molecule has 0 fully saturated rings. The molecule has 3 rings (SSSR count). The maximum absolute atomic E-state index is 12.7. The van der Waals surface area contributed by atoms with E-state index in [1.165, 1.54) is 0 Å². The van der Waals surface area contributed by atoms with Crippen LogP contribution in [0.15, 0.2) is 34.1 Å². The molecule has 1 atom stereocenters. The van der Waals surface area contributed by atoms with E-state index in [9.17, 15) is 4.79 Å². The SMILES string of the molecule is Cc1sc(Br)cc1C(=O)C1CCOc2ccccc21. The molecular formula is C15H13BrO2S. The molecule has 19 heavy (non-hydrogen) atoms. The van der Waals surface area contributed by atoms with Gasteiger partial charge in [-0.25, -0.2) is 0 Å². The van der Waals surface area contributed by atoms with Crippen LogP contribution in [0.3, 0.4) is 0 Å². The van der Waals surface area contributed by atoms with Crippen LogP contribution in [0.5, 0.6) is 5.75 Å². The van der Waals surface area contributed by atoms with Gasteiger partial charge in [0, 0.05) is 16.0 Å². The summed E-state index contributed by atoms with van der Waals surface area (Å²) in [6, 6.07) is 9.77. The lowest BCUT2D eigenvalue weighted by atomic mass is 9.86. The molecule has 0 radical (unpaired) electrons. The number of ketones is 1. The topological polar surface area (TPSA) is 26.3 Å². The minimum atomic E-state index is -0.0786. The van der Waals surface area contributed by atoms with Gasteiger partial charge in [0.15, 0.2) is 5.78 Å². The molecule has 0 aliphatic carbocycles. The Morgan fingerprint density at radius 1 is 1.42 bits per heavy atom. The van der Waals surface area contributed by atoms with Crippen molar-refractivity contribution in [1.29, 1.82) is 0 Å². The van der Waals surface area contributed by atoms with Crippen molar-refractivity contribution < 1.29 is 9.53 Å². The Morgan fingerprint density at radius 3 is 2.95 bits per heavy atom. The van der Waals surface area contributed by atoms with Crippen LogP contribution < -0.4 is 4.74 Å². The van der Waals surface area contributed by atoms with Gasteiger partial charge < -0.3 is 4.74 Å². The van der Waals surface area contributed by atoms with Gasteiger partial charge in [0.25, 0.3) is 0 Å². The van der Waals surface area contributed by atoms with Crippen molar-refractivity contribution in [1.82, 2.24) is 0 Å². The number of halogens is 1. The van der Waals surface area contributed by atoms with Crippen LogP contribution in [-0.4, -0.2) is 12.4 Å². The first-order chi connectivity index (χ1) is 9.16. The Bertz CT molecular complexity index is 633. The van der Waals surface area contributed by atoms with E-state index < -0.39 is 0 Å². The number of hydrogen-bond donors (Lipinski definition) is 0. The van der Waals surface area contributed by atoms with E-state index in [1.54, 1.807) is 11.3 Å². The summed E-state index contributed by atoms with van der Waals surface area (Å²) in [5, 5.41) is 0. The van der Waals surface area contributed by atoms with E-state index in [-0.39, 0.29) is 11.7 Å². The van der Waals surface area contributed by atoms with Gasteiger partial charge in [0.2, 0.25) is 0 Å². The van der Waals surface area contributed by atoms with Gasteiger partial charge in [0.1, 0.15) is 5.75 Å². The standard InChI is InChI=1S/C15H13BrO2S/c1-9-12(8-14(16)19-9)15(17)11-6-7-18-13-5-3-2-4-10(11)13/h2-5,8,11H,6-7H2,1H3. The highest BCUT2D eigenvalue weighted by molar-refractivity contribution is 9.11. The summed E-state index contributed by atoms with van der Waals surface area (Å²) in [5.74, 6) is 0.972. The fourth-order valence-corrected chi connectivity index (χ4v) is 4.19. The molecule has 2 aromatic rings. The van der Waals surface area contributed by atoms with Crippen LogP contribution >= 0.6 is 27.3 Å². The van der Waals surface area contributed by atoms with Crippen molar-refractivity contribution >= 4 is 33.0 Å². The summed E-state index contributed by atoms with van der Waals surface area (Å²) in [7, 11) is 0. The zero-order valence-electron chi connectivity index (χ0n) is 10.5. The third-order valence-electron chi connectivity index (χ3n) is 3.43. The molecule has 2 heterocycles. The molecule has 0 saturated heterocycles. The molecule has 1 aliphatic heterocycles. The summed E-state index contributed by atoms with van der Waals surface area (Å²) in [4.78, 5) is 13.8. The molecular weight excluding hydrogens is 324 g/mol. The second kappa shape index (κ2) is 5.10. The second-order valence-corrected chi connectivity index (χ2v) is 7.25. The summed E-state index contributed by atoms with van der Waals surface area (Å²) in [6.45, 7) is 2.60. The van der Waals surface area contributed by atoms with Crippen molar-refractivity contribution in [3.8, 4) is 5.75 Å². The number of ether oxygens (including phenoxy) is 1. The Morgan fingerprint density at radius 2 is 2.21 bits per heavy atom. The molecule has 1 unspecified atom stereocenters. The number of benzene rings is 1. The third-order valence-corrected chi connectivity index (χ3v) is 4.98. The molecule has 98 valence electrons. The molecule has 0 N–H and O–H groups in total. The van der Waals surface area contributed by atoms with Gasteiger partial charge in [-0.2, -0.15) is 0 Å². The van der Waals surface area contributed by atoms with Gasteiger partial charge in [-0.1, -0.05) is 18.2 Å². The quantitative estimate of drug-likeness (QED) is 0.751. The monoisotopic (exact) mass is 336 g/mol. The number of aryl methyl sites for hydroxylation is 1. The first-order valence-corrected chi connectivity index (χ1v) is 7.79. The van der Waals surface area contributed by atoms with Gasteiger partial charge in [-0.3, -0.25) is 4.79 Å². The smallest absolute Gasteiger partial charge is 0.171 e. The highest BCUT2D eigenvalue weighted by Crippen LogP contribution is 2.37. The molecule has 4 heteroatoms. The van der Waals surface area contributed by atoms with Crippen LogP contribution in [-0.2, 0) is 0 Å². The van der Waals surface area contributed by atoms with E-state index in [4.69, 9.17) is 4.74 Å². The zero-order chi connectivity index (χ0) is 13.4. The highest BCUT2D eigenvalue weighted by Gasteiger charge is 2.29. The first-order valence-electron chi connectivity index (χ1n) is 6.18. The zero-order valence-corrected chi connectivity index (χ0v) is 12.9. The second-order valence-electron chi connectivity index (χ2n) is 4.61. The average molecular weight is 337 g/mol. The number of hydrogen-bond acceptors (Lipinski definition) is 3. The van der Waals surface area contributed by atoms with Crippen LogP contribution in [0.2, 0.25) is 0 Å². The third kappa shape index (κ3) is 2.35. The van der Waals surface area contributed by atoms with E-state index in [0.717, 1.165) is 32.0 Å². The predicted octanol–water partition coefficient (Wildman–Crippen LogP) is 4.57. The molecule has 1 aromatic carbocycles. The van der Waals surface area contributed by atoms with Crippen molar-refractivity contribution in [2.75, 3.05) is 6.61 Å². The van der Waals surface area contributed by atoms with Crippen molar-refractivity contribution in [3.05, 3.63) is 50.1 Å². The number of Topliss-reactive ketones (excluding diaryl/α,β-unsaturated/α-hetero) is 1. The fourth-order valence-electron chi connectivity index (χ4n) is 2.49. The molecule has 1 aliphatic rings. The number of carbonyl (C=O) groups is 1. The molecule has 1 aromatic heterocycles. The Labute approximate surface area is 124 Å². The van der Waals surface area contributed by atoms with Crippen LogP contribution in [0.4, 0.5) is 0 Å². The Kier molecular flexibility index (Phi) is 3.46. The number of carbonyl (C=O) groups excluding carboxylic acids is 1. The number of rotatable bonds is 2. The predicted molar refractivity (Wildman–Crippen MR) is 80.4 cm³/mol. The van der Waals surface area contributed by atoms with Gasteiger partial charge in [0.05, 0.1) is 16.3 Å². The lowest BCUT2D eigenvalue weighted by Crippen LogP contribution is -2.21. The van der Waals surface area contributed by atoms with Crippen molar-refractivity contribution in [2.24, 2.45) is 0 Å². The minimum Gasteiger partial charge on any atom is -0.493 e. The van der Waals surface area contributed by atoms with Crippen molar-refractivity contribution in [2.45, 2.75) is 19.3 Å². The summed E-state index contributed by atoms with van der Waals surface area (Å²) < 4.78 is 6.62. The van der Waals surface area contributed by atoms with Crippen LogP contribution in [0, 0.1) is 6.92 Å². The van der Waals surface area contributed by atoms with Gasteiger partial charge in [-0.15, -0.1) is 11.3 Å². The van der Waals surface area contributed by atoms with Crippen LogP contribution in [0.25, 0.3) is 0 Å². The van der Waals surface area contributed by atoms with Gasteiger partial charge >= 0.3 is 0 Å². The Hall–Kier alpha value is -1.13. The van der Waals surface area contributed by atoms with Crippen molar-refractivity contribution in [3.63, 3.8) is 0 Å². The lowest BCUT2D eigenvalue weighted by Gasteiger charge is -2.24. The largest absolute Gasteiger partial charge is 0.493 e. The number of fused-ring (bicyclic) bond motifs is 1. The first kappa shape index (κ1) is 12.9. The molecule has 0 amide bonds. The Balaban J connectivity index is 2.00. The molecule has 0 saturated carbocycles. The van der Waals surface area contributed by atoms with E-state index >= 15 is 0 Å². The number of para-hydroxylation sites is 1. The summed E-state index contributed by atoms with van der Waals surface area (Å²) in [6.07, 6.45) is 0.753. The minimum absolute atomic E-state index is 0.0786. The lowest BCUT2D eigenvalue weighted by molar-refractivity contribution is 0.0933. The number of thiophene rings is 1. The van der Waals surface area contributed by atoms with E-state index in [2.05, 4.69) is 15.9 Å². The van der Waals surface area contributed by atoms with Gasteiger partial charge in [-0.05, 0) is 41.4 Å². The fraction of sp³-hybridized carbons (Fsp3) is 0.267. The van der Waals surface area contributed by atoms with Crippen LogP contribution in [0.1, 0.15) is 33.1 Å². The van der Waals surface area contributed by atoms with E-state index in [1.807, 2.05) is 37.3 Å². The summed E-state index contributed by atoms with van der Waals surface area (Å²) >= 11 is 5.06. The molecule has 0 spiro atoms.